The van der Waals surface area contributed by atoms with E-state index >= 15 is 0 Å². The Labute approximate surface area is 186 Å². The molecule has 0 radical (unpaired) electrons. The van der Waals surface area contributed by atoms with Crippen LogP contribution in [-0.2, 0) is 18.3 Å². The Kier molecular flexibility index (Phi) is 6.15. The Bertz CT molecular complexity index is 1210. The second-order valence-corrected chi connectivity index (χ2v) is 8.86. The maximum atomic E-state index is 12.5. The zero-order chi connectivity index (χ0) is 22.7. The molecule has 1 heterocycles. The molecule has 1 atom stereocenters. The van der Waals surface area contributed by atoms with Gasteiger partial charge < -0.3 is 15.5 Å². The van der Waals surface area contributed by atoms with Gasteiger partial charge in [0.1, 0.15) is 6.04 Å². The van der Waals surface area contributed by atoms with Crippen LogP contribution in [0.25, 0.3) is 22.2 Å². The largest absolute Gasteiger partial charge is 0.419 e. The summed E-state index contributed by atoms with van der Waals surface area (Å²) in [4.78, 5) is 24.2. The van der Waals surface area contributed by atoms with Crippen molar-refractivity contribution in [1.82, 2.24) is 9.88 Å². The molecule has 3 aromatic rings. The van der Waals surface area contributed by atoms with E-state index in [2.05, 4.69) is 11.4 Å². The number of nitrogens with two attached hydrogens (primary N) is 1. The zero-order valence-electron chi connectivity index (χ0n) is 18.3. The van der Waals surface area contributed by atoms with Gasteiger partial charge in [0.05, 0.1) is 11.6 Å². The third-order valence-electron chi connectivity index (χ3n) is 6.37. The van der Waals surface area contributed by atoms with Crippen molar-refractivity contribution in [3.05, 3.63) is 58.6 Å². The maximum absolute atomic E-state index is 12.5. The summed E-state index contributed by atoms with van der Waals surface area (Å²) in [5.41, 5.74) is 10.1. The van der Waals surface area contributed by atoms with Gasteiger partial charge in [0.2, 0.25) is 5.91 Å². The van der Waals surface area contributed by atoms with Crippen molar-refractivity contribution in [1.29, 1.82) is 5.26 Å². The van der Waals surface area contributed by atoms with Crippen molar-refractivity contribution in [3.63, 3.8) is 0 Å². The fourth-order valence-electron chi connectivity index (χ4n) is 4.50. The molecule has 1 fully saturated rings. The summed E-state index contributed by atoms with van der Waals surface area (Å²) in [5.74, 6) is -0.544. The lowest BCUT2D eigenvalue weighted by Gasteiger charge is -2.33. The molecule has 32 heavy (non-hydrogen) atoms. The molecular formula is C25H28N4O3. The van der Waals surface area contributed by atoms with Gasteiger partial charge in [0, 0.05) is 25.4 Å². The van der Waals surface area contributed by atoms with Crippen LogP contribution in [0.4, 0.5) is 0 Å². The molecule has 0 spiro atoms. The van der Waals surface area contributed by atoms with E-state index in [0.717, 1.165) is 47.9 Å². The Hall–Kier alpha value is -3.37. The van der Waals surface area contributed by atoms with Gasteiger partial charge in [-0.25, -0.2) is 4.79 Å². The van der Waals surface area contributed by atoms with Crippen molar-refractivity contribution in [2.45, 2.75) is 56.5 Å². The van der Waals surface area contributed by atoms with Crippen LogP contribution >= 0.6 is 0 Å². The second-order valence-electron chi connectivity index (χ2n) is 8.86. The summed E-state index contributed by atoms with van der Waals surface area (Å²) in [7, 11) is 1.68. The van der Waals surface area contributed by atoms with Crippen LogP contribution in [0.15, 0.2) is 51.7 Å². The van der Waals surface area contributed by atoms with Crippen LogP contribution in [0.2, 0.25) is 0 Å². The molecule has 0 unspecified atom stereocenters. The van der Waals surface area contributed by atoms with E-state index in [0.29, 0.717) is 12.0 Å². The lowest BCUT2D eigenvalue weighted by molar-refractivity contribution is -0.122. The highest BCUT2D eigenvalue weighted by molar-refractivity contribution is 5.80. The third kappa shape index (κ3) is 4.76. The first-order valence-electron chi connectivity index (χ1n) is 11.0. The number of hydrogen-bond acceptors (Lipinski definition) is 5. The molecule has 0 aliphatic heterocycles. The first-order valence-corrected chi connectivity index (χ1v) is 11.0. The predicted molar refractivity (Wildman–Crippen MR) is 123 cm³/mol. The van der Waals surface area contributed by atoms with E-state index in [1.54, 1.807) is 13.1 Å². The molecule has 1 amide bonds. The number of aryl methyl sites for hydroxylation is 1. The Morgan fingerprint density at radius 2 is 1.88 bits per heavy atom. The lowest BCUT2D eigenvalue weighted by atomic mass is 9.80. The minimum Gasteiger partial charge on any atom is -0.408 e. The van der Waals surface area contributed by atoms with E-state index < -0.39 is 11.6 Å². The molecule has 7 heteroatoms. The van der Waals surface area contributed by atoms with Crippen molar-refractivity contribution < 1.29 is 9.21 Å². The first kappa shape index (κ1) is 21.8. The number of nitrogens with zero attached hydrogens (tertiary/aromatic N) is 2. The van der Waals surface area contributed by atoms with Crippen LogP contribution in [0.1, 0.15) is 44.1 Å². The number of carbonyl (C=O) groups is 1. The average molecular weight is 433 g/mol. The van der Waals surface area contributed by atoms with Gasteiger partial charge in [-0.1, -0.05) is 49.6 Å². The number of benzene rings is 2. The van der Waals surface area contributed by atoms with Gasteiger partial charge in [0.25, 0.3) is 0 Å². The van der Waals surface area contributed by atoms with Gasteiger partial charge in [0.15, 0.2) is 5.58 Å². The van der Waals surface area contributed by atoms with Gasteiger partial charge in [-0.3, -0.25) is 9.36 Å². The van der Waals surface area contributed by atoms with Crippen molar-refractivity contribution in [3.8, 4) is 17.2 Å². The maximum Gasteiger partial charge on any atom is 0.419 e. The van der Waals surface area contributed by atoms with E-state index in [9.17, 15) is 14.9 Å². The number of fused-ring (bicyclic) bond motifs is 1. The summed E-state index contributed by atoms with van der Waals surface area (Å²) in [6, 6.07) is 15.1. The van der Waals surface area contributed by atoms with Crippen LogP contribution in [-0.4, -0.2) is 22.1 Å². The van der Waals surface area contributed by atoms with E-state index in [1.807, 2.05) is 36.4 Å². The molecule has 0 saturated heterocycles. The topological polar surface area (TPSA) is 114 Å². The highest BCUT2D eigenvalue weighted by atomic mass is 16.4. The zero-order valence-corrected chi connectivity index (χ0v) is 18.3. The number of nitriles is 1. The number of nitrogens with one attached hydrogen (secondary N) is 1. The van der Waals surface area contributed by atoms with Gasteiger partial charge in [-0.2, -0.15) is 5.26 Å². The number of oxazole rings is 1. The number of rotatable bonds is 6. The van der Waals surface area contributed by atoms with Crippen molar-refractivity contribution >= 4 is 17.0 Å². The summed E-state index contributed by atoms with van der Waals surface area (Å²) in [6.07, 6.45) is 5.70. The number of hydrogen-bond donors (Lipinski definition) is 2. The Morgan fingerprint density at radius 1 is 1.19 bits per heavy atom. The summed E-state index contributed by atoms with van der Waals surface area (Å²) in [5, 5.41) is 12.4. The molecule has 1 aliphatic carbocycles. The standard InChI is InChI=1S/C25H28N4O3/c1-29-21-14-19(9-10-22(21)32-24(29)31)18-7-5-17(6-8-18)13-20(16-26)28-23(30)15-25(27)11-3-2-4-12-25/h5-10,14,20H,2-4,11-13,15,27H2,1H3,(H,28,30)/t20-/m0/s1. The van der Waals surface area contributed by atoms with Crippen LogP contribution < -0.4 is 16.8 Å². The van der Waals surface area contributed by atoms with E-state index in [1.165, 1.54) is 11.0 Å². The van der Waals surface area contributed by atoms with E-state index in [-0.39, 0.29) is 18.1 Å². The minimum atomic E-state index is -0.600. The molecule has 0 bridgehead atoms. The van der Waals surface area contributed by atoms with E-state index in [4.69, 9.17) is 10.2 Å². The summed E-state index contributed by atoms with van der Waals surface area (Å²) < 4.78 is 6.66. The molecule has 1 aliphatic rings. The van der Waals surface area contributed by atoms with Crippen molar-refractivity contribution in [2.24, 2.45) is 12.8 Å². The fourth-order valence-corrected chi connectivity index (χ4v) is 4.50. The highest BCUT2D eigenvalue weighted by Crippen LogP contribution is 2.28. The molecule has 4 rings (SSSR count). The van der Waals surface area contributed by atoms with Gasteiger partial charge >= 0.3 is 5.76 Å². The minimum absolute atomic E-state index is 0.156. The fraction of sp³-hybridized carbons (Fsp3) is 0.400. The third-order valence-corrected chi connectivity index (χ3v) is 6.37. The Balaban J connectivity index is 1.41. The first-order chi connectivity index (χ1) is 15.4. The van der Waals surface area contributed by atoms with Gasteiger partial charge in [-0.15, -0.1) is 0 Å². The smallest absolute Gasteiger partial charge is 0.408 e. The molecule has 1 aromatic heterocycles. The number of carbonyl (C=O) groups excluding carboxylic acids is 1. The number of aromatic nitrogens is 1. The van der Waals surface area contributed by atoms with Crippen molar-refractivity contribution in [2.75, 3.05) is 0 Å². The molecule has 3 N–H and O–H groups in total. The normalized spacial score (nSPS) is 16.4. The number of amides is 1. The van der Waals surface area contributed by atoms with Crippen LogP contribution in [0.5, 0.6) is 0 Å². The van der Waals surface area contributed by atoms with Gasteiger partial charge in [-0.05, 0) is 41.7 Å². The second kappa shape index (κ2) is 9.01. The Morgan fingerprint density at radius 3 is 2.56 bits per heavy atom. The summed E-state index contributed by atoms with van der Waals surface area (Å²) >= 11 is 0. The van der Waals surface area contributed by atoms with Crippen LogP contribution in [0.3, 0.4) is 0 Å². The molecule has 7 nitrogen and oxygen atoms in total. The average Bonchev–Trinajstić information content (AvgIpc) is 3.07. The SMILES string of the molecule is Cn1c(=O)oc2ccc(-c3ccc(C[C@@H](C#N)NC(=O)CC4(N)CCCCC4)cc3)cc21. The molecule has 1 saturated carbocycles. The van der Waals surface area contributed by atoms with Crippen LogP contribution in [0, 0.1) is 11.3 Å². The quantitative estimate of drug-likeness (QED) is 0.620. The monoisotopic (exact) mass is 432 g/mol. The molecular weight excluding hydrogens is 404 g/mol. The predicted octanol–water partition coefficient (Wildman–Crippen LogP) is 3.40. The highest BCUT2D eigenvalue weighted by Gasteiger charge is 2.30. The lowest BCUT2D eigenvalue weighted by Crippen LogP contribution is -2.47. The molecule has 166 valence electrons. The molecule has 2 aromatic carbocycles. The summed E-state index contributed by atoms with van der Waals surface area (Å²) in [6.45, 7) is 0.